The number of carboxylic acid groups (broad SMARTS) is 1. The molecule has 2 atom stereocenters. The molecule has 0 saturated heterocycles. The van der Waals surface area contributed by atoms with Gasteiger partial charge in [-0.2, -0.15) is 0 Å². The van der Waals surface area contributed by atoms with Gasteiger partial charge in [0.05, 0.1) is 12.0 Å². The highest BCUT2D eigenvalue weighted by Gasteiger charge is 2.32. The molecule has 1 unspecified atom stereocenters. The van der Waals surface area contributed by atoms with Gasteiger partial charge in [0, 0.05) is 11.3 Å². The number of hydrogen-bond acceptors (Lipinski definition) is 9. The topological polar surface area (TPSA) is 179 Å². The van der Waals surface area contributed by atoms with Crippen LogP contribution >= 0.6 is 0 Å². The number of fused-ring (bicyclic) bond motifs is 1. The Morgan fingerprint density at radius 2 is 1.67 bits per heavy atom. The van der Waals surface area contributed by atoms with Crippen molar-refractivity contribution in [2.75, 3.05) is 19.2 Å². The second-order valence-corrected chi connectivity index (χ2v) is 12.6. The number of carboxylic acids is 1. The molecule has 0 spiro atoms. The summed E-state index contributed by atoms with van der Waals surface area (Å²) in [7, 11) is -2.88. The zero-order valence-corrected chi connectivity index (χ0v) is 26.9. The number of hydrogen-bond donors (Lipinski definition) is 4. The molecular weight excluding hydrogens is 618 g/mol. The van der Waals surface area contributed by atoms with Crippen molar-refractivity contribution in [1.29, 1.82) is 0 Å². The van der Waals surface area contributed by atoms with Crippen LogP contribution in [0.5, 0.6) is 23.0 Å². The molecule has 4 rings (SSSR count). The van der Waals surface area contributed by atoms with Gasteiger partial charge in [-0.25, -0.2) is 17.9 Å². The molecular formula is C32H37N3O10S. The molecule has 3 amide bonds. The van der Waals surface area contributed by atoms with Crippen molar-refractivity contribution in [3.8, 4) is 23.0 Å². The van der Waals surface area contributed by atoms with Crippen molar-refractivity contribution in [2.24, 2.45) is 0 Å². The summed E-state index contributed by atoms with van der Waals surface area (Å²) in [6.07, 6.45) is -0.364. The standard InChI is InChI=1S/C32H37N3O10S/c1-6-7-21-14-23(34-32(39)33-19(4)31(37)38)10-13-25(21)45-28(22-15-26(42-5)29-27(16-22)43-17-44-29)30(36)35-46(40,41)24-11-8-20(9-12-24)18(2)3/h8-16,18-19,28H,6-7,17H2,1-5H3,(H,35,36)(H,37,38)(H2,33,34,39)/t19-,28?/m0/s1. The predicted octanol–water partition coefficient (Wildman–Crippen LogP) is 4.72. The minimum Gasteiger partial charge on any atom is -0.493 e. The van der Waals surface area contributed by atoms with Crippen LogP contribution in [-0.4, -0.2) is 51.4 Å². The lowest BCUT2D eigenvalue weighted by Crippen LogP contribution is -2.40. The van der Waals surface area contributed by atoms with Crippen molar-refractivity contribution in [3.05, 3.63) is 71.3 Å². The molecule has 13 nitrogen and oxygen atoms in total. The maximum absolute atomic E-state index is 13.8. The smallest absolute Gasteiger partial charge is 0.325 e. The van der Waals surface area contributed by atoms with Gasteiger partial charge < -0.3 is 34.7 Å². The fourth-order valence-electron chi connectivity index (χ4n) is 4.64. The number of anilines is 1. The van der Waals surface area contributed by atoms with Gasteiger partial charge in [0.25, 0.3) is 15.9 Å². The molecule has 246 valence electrons. The highest BCUT2D eigenvalue weighted by molar-refractivity contribution is 7.90. The number of ether oxygens (including phenoxy) is 4. The Hall–Kier alpha value is -4.98. The third kappa shape index (κ3) is 7.99. The largest absolute Gasteiger partial charge is 0.493 e. The zero-order valence-electron chi connectivity index (χ0n) is 26.1. The lowest BCUT2D eigenvalue weighted by Gasteiger charge is -2.22. The van der Waals surface area contributed by atoms with Gasteiger partial charge in [-0.1, -0.05) is 39.3 Å². The van der Waals surface area contributed by atoms with E-state index in [4.69, 9.17) is 24.1 Å². The Bertz CT molecular complexity index is 1710. The Morgan fingerprint density at radius 1 is 0.957 bits per heavy atom. The molecule has 1 aliphatic heterocycles. The summed E-state index contributed by atoms with van der Waals surface area (Å²) in [4.78, 5) is 37.1. The Labute approximate surface area is 267 Å². The van der Waals surface area contributed by atoms with E-state index in [1.54, 1.807) is 18.2 Å². The van der Waals surface area contributed by atoms with Crippen LogP contribution in [0, 0.1) is 0 Å². The van der Waals surface area contributed by atoms with Crippen molar-refractivity contribution >= 4 is 33.6 Å². The number of carbonyl (C=O) groups excluding carboxylic acids is 2. The minimum absolute atomic E-state index is 0.0679. The van der Waals surface area contributed by atoms with Gasteiger partial charge in [-0.3, -0.25) is 9.59 Å². The number of methoxy groups -OCH3 is 1. The highest BCUT2D eigenvalue weighted by atomic mass is 32.2. The lowest BCUT2D eigenvalue weighted by atomic mass is 10.0. The lowest BCUT2D eigenvalue weighted by molar-refractivity contribution is -0.138. The fraction of sp³-hybridized carbons (Fsp3) is 0.344. The summed E-state index contributed by atoms with van der Waals surface area (Å²) in [5.74, 6) is -0.841. The van der Waals surface area contributed by atoms with Gasteiger partial charge in [0.2, 0.25) is 18.6 Å². The number of amides is 3. The summed E-state index contributed by atoms with van der Waals surface area (Å²) < 4.78 is 51.5. The normalized spacial score (nSPS) is 13.4. The van der Waals surface area contributed by atoms with E-state index < -0.39 is 40.1 Å². The maximum atomic E-state index is 13.8. The third-order valence-electron chi connectivity index (χ3n) is 7.11. The van der Waals surface area contributed by atoms with Crippen LogP contribution in [0.1, 0.15) is 62.8 Å². The van der Waals surface area contributed by atoms with Gasteiger partial charge in [0.1, 0.15) is 11.8 Å². The molecule has 4 N–H and O–H groups in total. The van der Waals surface area contributed by atoms with Crippen molar-refractivity contribution in [3.63, 3.8) is 0 Å². The quantitative estimate of drug-likeness (QED) is 0.201. The molecule has 14 heteroatoms. The summed E-state index contributed by atoms with van der Waals surface area (Å²) in [6.45, 7) is 7.16. The molecule has 0 fully saturated rings. The van der Waals surface area contributed by atoms with Crippen LogP contribution in [0.15, 0.2) is 59.5 Å². The summed E-state index contributed by atoms with van der Waals surface area (Å²) in [5.41, 5.74) is 2.12. The first kappa shape index (κ1) is 33.9. The average molecular weight is 656 g/mol. The van der Waals surface area contributed by atoms with Gasteiger partial charge >= 0.3 is 12.0 Å². The Balaban J connectivity index is 1.69. The molecule has 3 aromatic rings. The number of rotatable bonds is 13. The number of carbonyl (C=O) groups is 3. The third-order valence-corrected chi connectivity index (χ3v) is 8.48. The van der Waals surface area contributed by atoms with Gasteiger partial charge in [-0.05, 0) is 72.9 Å². The monoisotopic (exact) mass is 655 g/mol. The van der Waals surface area contributed by atoms with E-state index in [1.807, 2.05) is 20.8 Å². The number of aryl methyl sites for hydroxylation is 1. The van der Waals surface area contributed by atoms with Crippen molar-refractivity contribution in [1.82, 2.24) is 10.0 Å². The fourth-order valence-corrected chi connectivity index (χ4v) is 5.62. The number of benzene rings is 3. The van der Waals surface area contributed by atoms with Crippen LogP contribution < -0.4 is 34.3 Å². The molecule has 0 bridgehead atoms. The van der Waals surface area contributed by atoms with E-state index in [1.165, 1.54) is 50.4 Å². The van der Waals surface area contributed by atoms with E-state index in [2.05, 4.69) is 15.4 Å². The molecule has 1 heterocycles. The predicted molar refractivity (Wildman–Crippen MR) is 168 cm³/mol. The SMILES string of the molecule is CCCc1cc(NC(=O)N[C@@H](C)C(=O)O)ccc1OC(C(=O)NS(=O)(=O)c1ccc(C(C)C)cc1)c1cc(OC)c2c(c1)OCO2. The first-order valence-corrected chi connectivity index (χ1v) is 16.0. The average Bonchev–Trinajstić information content (AvgIpc) is 3.49. The van der Waals surface area contributed by atoms with Crippen LogP contribution in [0.3, 0.4) is 0 Å². The highest BCUT2D eigenvalue weighted by Crippen LogP contribution is 2.44. The number of urea groups is 1. The van der Waals surface area contributed by atoms with Crippen LogP contribution in [0.2, 0.25) is 0 Å². The van der Waals surface area contributed by atoms with Crippen LogP contribution in [0.4, 0.5) is 10.5 Å². The maximum Gasteiger partial charge on any atom is 0.325 e. The zero-order chi connectivity index (χ0) is 33.6. The minimum atomic E-state index is -4.29. The van der Waals surface area contributed by atoms with E-state index in [0.717, 1.165) is 5.56 Å². The molecule has 46 heavy (non-hydrogen) atoms. The van der Waals surface area contributed by atoms with Crippen LogP contribution in [0.25, 0.3) is 0 Å². The van der Waals surface area contributed by atoms with Gasteiger partial charge in [0.15, 0.2) is 11.5 Å². The first-order chi connectivity index (χ1) is 21.8. The molecule has 0 aliphatic carbocycles. The number of aliphatic carboxylic acids is 1. The summed E-state index contributed by atoms with van der Waals surface area (Å²) >= 11 is 0. The molecule has 1 aliphatic rings. The Kier molecular flexibility index (Phi) is 10.6. The number of sulfonamides is 1. The Morgan fingerprint density at radius 3 is 2.30 bits per heavy atom. The molecule has 0 aromatic heterocycles. The van der Waals surface area contributed by atoms with E-state index in [-0.39, 0.29) is 40.4 Å². The summed E-state index contributed by atoms with van der Waals surface area (Å²) in [6, 6.07) is 12.1. The number of nitrogens with one attached hydrogen (secondary N) is 3. The second kappa shape index (κ2) is 14.4. The van der Waals surface area contributed by atoms with E-state index >= 15 is 0 Å². The van der Waals surface area contributed by atoms with Crippen LogP contribution in [-0.2, 0) is 26.0 Å². The summed E-state index contributed by atoms with van der Waals surface area (Å²) in [5, 5.41) is 14.0. The first-order valence-electron chi connectivity index (χ1n) is 14.6. The molecule has 0 saturated carbocycles. The second-order valence-electron chi connectivity index (χ2n) is 10.9. The van der Waals surface area contributed by atoms with E-state index in [9.17, 15) is 22.8 Å². The van der Waals surface area contributed by atoms with Crippen molar-refractivity contribution in [2.45, 2.75) is 63.5 Å². The van der Waals surface area contributed by atoms with Crippen molar-refractivity contribution < 1.29 is 46.9 Å². The van der Waals surface area contributed by atoms with Gasteiger partial charge in [-0.15, -0.1) is 0 Å². The van der Waals surface area contributed by atoms with E-state index in [0.29, 0.717) is 29.8 Å². The molecule has 0 radical (unpaired) electrons. The molecule has 3 aromatic carbocycles.